The van der Waals surface area contributed by atoms with E-state index in [4.69, 9.17) is 5.11 Å². The molecular formula is C15H18F3NO4. The maximum absolute atomic E-state index is 12.2. The van der Waals surface area contributed by atoms with Crippen LogP contribution in [-0.2, 0) is 16.0 Å². The molecule has 0 aliphatic rings. The number of rotatable bonds is 7. The van der Waals surface area contributed by atoms with Gasteiger partial charge in [0.25, 0.3) is 0 Å². The lowest BCUT2D eigenvalue weighted by Crippen LogP contribution is -2.41. The van der Waals surface area contributed by atoms with Crippen molar-refractivity contribution in [2.24, 2.45) is 0 Å². The van der Waals surface area contributed by atoms with E-state index in [1.165, 1.54) is 23.1 Å². The minimum atomic E-state index is -4.44. The minimum Gasteiger partial charge on any atom is -0.484 e. The Morgan fingerprint density at radius 1 is 1.30 bits per heavy atom. The summed E-state index contributed by atoms with van der Waals surface area (Å²) in [5, 5.41) is 8.82. The Bertz CT molecular complexity index is 558. The maximum Gasteiger partial charge on any atom is 0.422 e. The maximum atomic E-state index is 12.2. The summed E-state index contributed by atoms with van der Waals surface area (Å²) in [4.78, 5) is 24.1. The summed E-state index contributed by atoms with van der Waals surface area (Å²) in [7, 11) is 0. The lowest BCUT2D eigenvalue weighted by molar-refractivity contribution is -0.153. The highest BCUT2D eigenvalue weighted by molar-refractivity contribution is 5.83. The number of alkyl halides is 3. The summed E-state index contributed by atoms with van der Waals surface area (Å²) in [6.45, 7) is 1.52. The average molecular weight is 333 g/mol. The second-order valence-corrected chi connectivity index (χ2v) is 5.24. The predicted molar refractivity (Wildman–Crippen MR) is 76.2 cm³/mol. The number of hydrogen-bond acceptors (Lipinski definition) is 3. The quantitative estimate of drug-likeness (QED) is 0.832. The smallest absolute Gasteiger partial charge is 0.422 e. The Morgan fingerprint density at radius 2 is 1.96 bits per heavy atom. The van der Waals surface area contributed by atoms with Crippen LogP contribution in [0.25, 0.3) is 0 Å². The van der Waals surface area contributed by atoms with Crippen molar-refractivity contribution >= 4 is 11.9 Å². The molecule has 0 aliphatic heterocycles. The molecule has 0 spiro atoms. The second kappa shape index (κ2) is 7.85. The van der Waals surface area contributed by atoms with Gasteiger partial charge in [0.15, 0.2) is 6.61 Å². The summed E-state index contributed by atoms with van der Waals surface area (Å²) in [5.41, 5.74) is 0.450. The zero-order valence-electron chi connectivity index (χ0n) is 12.8. The molecule has 1 aromatic carbocycles. The van der Waals surface area contributed by atoms with Crippen molar-refractivity contribution in [2.75, 3.05) is 13.2 Å². The van der Waals surface area contributed by atoms with E-state index in [0.717, 1.165) is 0 Å². The van der Waals surface area contributed by atoms with Gasteiger partial charge in [-0.15, -0.1) is 0 Å². The van der Waals surface area contributed by atoms with Crippen LogP contribution in [0.2, 0.25) is 0 Å². The van der Waals surface area contributed by atoms with Gasteiger partial charge >= 0.3 is 12.1 Å². The first-order valence-corrected chi connectivity index (χ1v) is 6.88. The fourth-order valence-electron chi connectivity index (χ4n) is 1.89. The van der Waals surface area contributed by atoms with Gasteiger partial charge in [-0.05, 0) is 31.5 Å². The van der Waals surface area contributed by atoms with E-state index in [1.54, 1.807) is 19.9 Å². The van der Waals surface area contributed by atoms with Gasteiger partial charge in [-0.3, -0.25) is 9.59 Å². The Morgan fingerprint density at radius 3 is 2.48 bits per heavy atom. The first kappa shape index (κ1) is 18.8. The molecule has 0 heterocycles. The van der Waals surface area contributed by atoms with E-state index in [-0.39, 0.29) is 18.2 Å². The first-order valence-electron chi connectivity index (χ1n) is 6.88. The molecule has 128 valence electrons. The third-order valence-corrected chi connectivity index (χ3v) is 2.91. The molecule has 23 heavy (non-hydrogen) atoms. The number of carbonyl (C=O) groups excluding carboxylic acids is 1. The van der Waals surface area contributed by atoms with Crippen molar-refractivity contribution in [3.8, 4) is 5.75 Å². The molecule has 1 aromatic rings. The van der Waals surface area contributed by atoms with E-state index in [2.05, 4.69) is 4.74 Å². The highest BCUT2D eigenvalue weighted by Gasteiger charge is 2.28. The summed E-state index contributed by atoms with van der Waals surface area (Å²) >= 11 is 0. The molecule has 0 unspecified atom stereocenters. The number of carboxylic acids is 1. The number of nitrogens with zero attached hydrogens (tertiary/aromatic N) is 1. The largest absolute Gasteiger partial charge is 0.484 e. The molecule has 0 radical (unpaired) electrons. The number of carboxylic acid groups (broad SMARTS) is 1. The molecule has 0 aromatic heterocycles. The van der Waals surface area contributed by atoms with Crippen LogP contribution >= 0.6 is 0 Å². The monoisotopic (exact) mass is 333 g/mol. The zero-order valence-corrected chi connectivity index (χ0v) is 12.8. The van der Waals surface area contributed by atoms with E-state index in [1.807, 2.05) is 0 Å². The SMILES string of the molecule is CC(C)N(CC(=O)O)C(=O)Cc1cccc(OCC(F)(F)F)c1. The van der Waals surface area contributed by atoms with Gasteiger partial charge in [-0.2, -0.15) is 13.2 Å². The fraction of sp³-hybridized carbons (Fsp3) is 0.467. The standard InChI is InChI=1S/C15H18F3NO4/c1-10(2)19(8-14(21)22)13(20)7-11-4-3-5-12(6-11)23-9-15(16,17)18/h3-6,10H,7-9H2,1-2H3,(H,21,22). The van der Waals surface area contributed by atoms with Crippen molar-refractivity contribution in [3.63, 3.8) is 0 Å². The lowest BCUT2D eigenvalue weighted by atomic mass is 10.1. The van der Waals surface area contributed by atoms with E-state index < -0.39 is 31.2 Å². The Labute approximate surface area is 131 Å². The van der Waals surface area contributed by atoms with Crippen LogP contribution in [0.15, 0.2) is 24.3 Å². The average Bonchev–Trinajstić information content (AvgIpc) is 2.41. The number of ether oxygens (including phenoxy) is 1. The van der Waals surface area contributed by atoms with Crippen LogP contribution in [0, 0.1) is 0 Å². The fourth-order valence-corrected chi connectivity index (χ4v) is 1.89. The normalized spacial score (nSPS) is 11.4. The van der Waals surface area contributed by atoms with Crippen molar-refractivity contribution in [3.05, 3.63) is 29.8 Å². The number of aliphatic carboxylic acids is 1. The molecule has 1 N–H and O–H groups in total. The van der Waals surface area contributed by atoms with Crippen molar-refractivity contribution in [2.45, 2.75) is 32.5 Å². The summed E-state index contributed by atoms with van der Waals surface area (Å²) in [6.07, 6.45) is -4.56. The second-order valence-electron chi connectivity index (χ2n) is 5.24. The molecule has 0 saturated carbocycles. The molecule has 1 amide bonds. The molecule has 1 rings (SSSR count). The van der Waals surface area contributed by atoms with Gasteiger partial charge < -0.3 is 14.7 Å². The van der Waals surface area contributed by atoms with Crippen LogP contribution in [0.1, 0.15) is 19.4 Å². The summed E-state index contributed by atoms with van der Waals surface area (Å²) < 4.78 is 41.0. The zero-order chi connectivity index (χ0) is 17.6. The minimum absolute atomic E-state index is 0.00181. The summed E-state index contributed by atoms with van der Waals surface area (Å²) in [6, 6.07) is 5.44. The molecule has 0 aliphatic carbocycles. The third kappa shape index (κ3) is 7.03. The van der Waals surface area contributed by atoms with Gasteiger partial charge in [0, 0.05) is 6.04 Å². The molecule has 5 nitrogen and oxygen atoms in total. The summed E-state index contributed by atoms with van der Waals surface area (Å²) in [5.74, 6) is -1.55. The van der Waals surface area contributed by atoms with Gasteiger partial charge in [-0.25, -0.2) is 0 Å². The molecule has 0 saturated heterocycles. The Balaban J connectivity index is 2.75. The van der Waals surface area contributed by atoms with E-state index in [9.17, 15) is 22.8 Å². The highest BCUT2D eigenvalue weighted by atomic mass is 19.4. The molecule has 0 atom stereocenters. The van der Waals surface area contributed by atoms with Gasteiger partial charge in [0.05, 0.1) is 6.42 Å². The van der Waals surface area contributed by atoms with Gasteiger partial charge in [0.1, 0.15) is 12.3 Å². The van der Waals surface area contributed by atoms with E-state index >= 15 is 0 Å². The van der Waals surface area contributed by atoms with Crippen molar-refractivity contribution in [1.29, 1.82) is 0 Å². The highest BCUT2D eigenvalue weighted by Crippen LogP contribution is 2.20. The third-order valence-electron chi connectivity index (χ3n) is 2.91. The van der Waals surface area contributed by atoms with Crippen LogP contribution in [-0.4, -0.2) is 47.3 Å². The van der Waals surface area contributed by atoms with Crippen LogP contribution < -0.4 is 4.74 Å². The predicted octanol–water partition coefficient (Wildman–Crippen LogP) is 2.49. The van der Waals surface area contributed by atoms with Crippen LogP contribution in [0.4, 0.5) is 13.2 Å². The Hall–Kier alpha value is -2.25. The van der Waals surface area contributed by atoms with Crippen LogP contribution in [0.3, 0.4) is 0 Å². The van der Waals surface area contributed by atoms with Gasteiger partial charge in [-0.1, -0.05) is 12.1 Å². The molecular weight excluding hydrogens is 315 g/mol. The Kier molecular flexibility index (Phi) is 6.41. The number of halogens is 3. The number of hydrogen-bond donors (Lipinski definition) is 1. The van der Waals surface area contributed by atoms with Crippen molar-refractivity contribution in [1.82, 2.24) is 4.90 Å². The van der Waals surface area contributed by atoms with E-state index in [0.29, 0.717) is 5.56 Å². The molecule has 0 bridgehead atoms. The molecule has 8 heteroatoms. The lowest BCUT2D eigenvalue weighted by Gasteiger charge is -2.25. The topological polar surface area (TPSA) is 66.8 Å². The number of benzene rings is 1. The van der Waals surface area contributed by atoms with Crippen LogP contribution in [0.5, 0.6) is 5.75 Å². The van der Waals surface area contributed by atoms with Crippen molar-refractivity contribution < 1.29 is 32.6 Å². The first-order chi connectivity index (χ1) is 10.6. The number of amides is 1. The van der Waals surface area contributed by atoms with Gasteiger partial charge in [0.2, 0.25) is 5.91 Å². The molecule has 0 fully saturated rings. The number of carbonyl (C=O) groups is 2.